The summed E-state index contributed by atoms with van der Waals surface area (Å²) in [6.07, 6.45) is 0. The van der Waals surface area contributed by atoms with Crippen LogP contribution >= 0.6 is 0 Å². The molecule has 4 heteroatoms. The lowest BCUT2D eigenvalue weighted by Gasteiger charge is -1.97. The summed E-state index contributed by atoms with van der Waals surface area (Å²) < 4.78 is 10.3. The Bertz CT molecular complexity index is 433. The Kier molecular flexibility index (Phi) is 2.35. The summed E-state index contributed by atoms with van der Waals surface area (Å²) in [6.45, 7) is 5.95. The number of aryl methyl sites for hydroxylation is 1. The molecule has 0 spiro atoms. The molecule has 1 fully saturated rings. The van der Waals surface area contributed by atoms with E-state index in [1.165, 1.54) is 7.11 Å². The summed E-state index contributed by atoms with van der Waals surface area (Å²) >= 11 is 0. The number of carbonyl (C=O) groups excluding carboxylic acids is 1. The standard InChI is InChI=1S/C12H17NO3/c1-6-7(11(14)15-4)5-8(16-6)9-10(13)12(9,2)3/h5,9-10H,13H2,1-4H3. The average molecular weight is 223 g/mol. The third-order valence-electron chi connectivity index (χ3n) is 3.56. The van der Waals surface area contributed by atoms with Crippen LogP contribution in [-0.2, 0) is 4.74 Å². The molecule has 0 amide bonds. The molecule has 1 aromatic heterocycles. The average Bonchev–Trinajstić information content (AvgIpc) is 2.59. The number of methoxy groups -OCH3 is 1. The summed E-state index contributed by atoms with van der Waals surface area (Å²) in [5, 5.41) is 0. The highest BCUT2D eigenvalue weighted by Crippen LogP contribution is 2.57. The van der Waals surface area contributed by atoms with Crippen molar-refractivity contribution in [3.8, 4) is 0 Å². The molecule has 1 aliphatic carbocycles. The fourth-order valence-corrected chi connectivity index (χ4v) is 2.19. The van der Waals surface area contributed by atoms with E-state index in [1.807, 2.05) is 0 Å². The van der Waals surface area contributed by atoms with Crippen LogP contribution in [0.3, 0.4) is 0 Å². The molecule has 0 bridgehead atoms. The summed E-state index contributed by atoms with van der Waals surface area (Å²) in [5.41, 5.74) is 6.51. The fourth-order valence-electron chi connectivity index (χ4n) is 2.19. The van der Waals surface area contributed by atoms with Crippen molar-refractivity contribution >= 4 is 5.97 Å². The molecule has 0 saturated heterocycles. The zero-order chi connectivity index (χ0) is 12.1. The Morgan fingerprint density at radius 2 is 2.12 bits per heavy atom. The molecular formula is C12H17NO3. The highest BCUT2D eigenvalue weighted by Gasteiger charge is 2.58. The molecule has 88 valence electrons. The van der Waals surface area contributed by atoms with Crippen molar-refractivity contribution < 1.29 is 13.9 Å². The van der Waals surface area contributed by atoms with Gasteiger partial charge in [-0.25, -0.2) is 4.79 Å². The van der Waals surface area contributed by atoms with E-state index in [1.54, 1.807) is 13.0 Å². The van der Waals surface area contributed by atoms with Crippen molar-refractivity contribution in [2.45, 2.75) is 32.7 Å². The first-order valence-corrected chi connectivity index (χ1v) is 5.33. The molecule has 0 radical (unpaired) electrons. The van der Waals surface area contributed by atoms with Gasteiger partial charge < -0.3 is 14.9 Å². The second kappa shape index (κ2) is 3.35. The van der Waals surface area contributed by atoms with Crippen molar-refractivity contribution in [3.63, 3.8) is 0 Å². The smallest absolute Gasteiger partial charge is 0.341 e. The van der Waals surface area contributed by atoms with E-state index in [2.05, 4.69) is 18.6 Å². The van der Waals surface area contributed by atoms with Gasteiger partial charge in [0.15, 0.2) is 0 Å². The summed E-state index contributed by atoms with van der Waals surface area (Å²) in [6, 6.07) is 1.85. The molecule has 2 N–H and O–H groups in total. The largest absolute Gasteiger partial charge is 0.465 e. The van der Waals surface area contributed by atoms with Gasteiger partial charge in [-0.3, -0.25) is 0 Å². The van der Waals surface area contributed by atoms with Crippen molar-refractivity contribution in [2.24, 2.45) is 11.1 Å². The van der Waals surface area contributed by atoms with E-state index < -0.39 is 0 Å². The molecule has 0 aromatic carbocycles. The third kappa shape index (κ3) is 1.45. The second-order valence-corrected chi connectivity index (χ2v) is 4.94. The lowest BCUT2D eigenvalue weighted by Crippen LogP contribution is -2.06. The van der Waals surface area contributed by atoms with E-state index in [0.717, 1.165) is 5.76 Å². The van der Waals surface area contributed by atoms with Crippen LogP contribution in [0.5, 0.6) is 0 Å². The van der Waals surface area contributed by atoms with Crippen LogP contribution in [0.1, 0.15) is 41.6 Å². The van der Waals surface area contributed by atoms with E-state index in [-0.39, 0.29) is 23.3 Å². The maximum absolute atomic E-state index is 11.4. The van der Waals surface area contributed by atoms with Crippen LogP contribution in [0.2, 0.25) is 0 Å². The van der Waals surface area contributed by atoms with Gasteiger partial charge in [-0.2, -0.15) is 0 Å². The number of esters is 1. The van der Waals surface area contributed by atoms with Crippen LogP contribution in [0.25, 0.3) is 0 Å². The molecule has 2 rings (SSSR count). The monoisotopic (exact) mass is 223 g/mol. The number of ether oxygens (including phenoxy) is 1. The van der Waals surface area contributed by atoms with Gasteiger partial charge >= 0.3 is 5.97 Å². The molecule has 16 heavy (non-hydrogen) atoms. The first-order valence-electron chi connectivity index (χ1n) is 5.33. The fraction of sp³-hybridized carbons (Fsp3) is 0.583. The highest BCUT2D eigenvalue weighted by atomic mass is 16.5. The Morgan fingerprint density at radius 3 is 2.56 bits per heavy atom. The zero-order valence-corrected chi connectivity index (χ0v) is 10.0. The summed E-state index contributed by atoms with van der Waals surface area (Å²) in [5.74, 6) is 1.22. The number of furan rings is 1. The van der Waals surface area contributed by atoms with Gasteiger partial charge in [0, 0.05) is 12.0 Å². The topological polar surface area (TPSA) is 65.5 Å². The van der Waals surface area contributed by atoms with Crippen molar-refractivity contribution in [3.05, 3.63) is 23.2 Å². The number of hydrogen-bond acceptors (Lipinski definition) is 4. The van der Waals surface area contributed by atoms with E-state index in [0.29, 0.717) is 11.3 Å². The molecule has 1 aliphatic rings. The molecule has 2 unspecified atom stereocenters. The first-order chi connectivity index (χ1) is 7.39. The molecular weight excluding hydrogens is 206 g/mol. The maximum Gasteiger partial charge on any atom is 0.341 e. The SMILES string of the molecule is COC(=O)c1cc(C2C(N)C2(C)C)oc1C. The minimum atomic E-state index is -0.362. The molecule has 2 atom stereocenters. The maximum atomic E-state index is 11.4. The molecule has 4 nitrogen and oxygen atoms in total. The van der Waals surface area contributed by atoms with Gasteiger partial charge in [0.2, 0.25) is 0 Å². The van der Waals surface area contributed by atoms with Crippen LogP contribution in [-0.4, -0.2) is 19.1 Å². The Hall–Kier alpha value is -1.29. The van der Waals surface area contributed by atoms with Crippen LogP contribution in [0.15, 0.2) is 10.5 Å². The number of carbonyl (C=O) groups is 1. The molecule has 1 saturated carbocycles. The van der Waals surface area contributed by atoms with Crippen molar-refractivity contribution in [1.29, 1.82) is 0 Å². The van der Waals surface area contributed by atoms with Crippen LogP contribution < -0.4 is 5.73 Å². The number of nitrogens with two attached hydrogens (primary N) is 1. The summed E-state index contributed by atoms with van der Waals surface area (Å²) in [4.78, 5) is 11.4. The van der Waals surface area contributed by atoms with E-state index >= 15 is 0 Å². The van der Waals surface area contributed by atoms with Crippen molar-refractivity contribution in [2.75, 3.05) is 7.11 Å². The van der Waals surface area contributed by atoms with E-state index in [9.17, 15) is 4.79 Å². The third-order valence-corrected chi connectivity index (χ3v) is 3.56. The Morgan fingerprint density at radius 1 is 1.56 bits per heavy atom. The van der Waals surface area contributed by atoms with Gasteiger partial charge in [-0.1, -0.05) is 13.8 Å². The molecule has 1 heterocycles. The molecule has 1 aromatic rings. The normalized spacial score (nSPS) is 26.6. The van der Waals surface area contributed by atoms with Gasteiger partial charge in [0.25, 0.3) is 0 Å². The van der Waals surface area contributed by atoms with Gasteiger partial charge in [-0.05, 0) is 18.4 Å². The first kappa shape index (κ1) is 11.2. The number of hydrogen-bond donors (Lipinski definition) is 1. The minimum Gasteiger partial charge on any atom is -0.465 e. The quantitative estimate of drug-likeness (QED) is 0.777. The van der Waals surface area contributed by atoms with Crippen LogP contribution in [0, 0.1) is 12.3 Å². The Labute approximate surface area is 94.8 Å². The van der Waals surface area contributed by atoms with Crippen molar-refractivity contribution in [1.82, 2.24) is 0 Å². The number of rotatable bonds is 2. The zero-order valence-electron chi connectivity index (χ0n) is 10.0. The predicted molar refractivity (Wildman–Crippen MR) is 59.3 cm³/mol. The molecule has 0 aliphatic heterocycles. The Balaban J connectivity index is 2.30. The minimum absolute atomic E-state index is 0.0533. The summed E-state index contributed by atoms with van der Waals surface area (Å²) in [7, 11) is 1.36. The lowest BCUT2D eigenvalue weighted by molar-refractivity contribution is 0.0599. The van der Waals surface area contributed by atoms with E-state index in [4.69, 9.17) is 10.2 Å². The lowest BCUT2D eigenvalue weighted by atomic mass is 10.1. The van der Waals surface area contributed by atoms with Gasteiger partial charge in [0.1, 0.15) is 17.1 Å². The van der Waals surface area contributed by atoms with Gasteiger partial charge in [-0.15, -0.1) is 0 Å². The second-order valence-electron chi connectivity index (χ2n) is 4.94. The van der Waals surface area contributed by atoms with Gasteiger partial charge in [0.05, 0.1) is 7.11 Å². The highest BCUT2D eigenvalue weighted by molar-refractivity contribution is 5.90. The predicted octanol–water partition coefficient (Wildman–Crippen LogP) is 1.83. The van der Waals surface area contributed by atoms with Crippen LogP contribution in [0.4, 0.5) is 0 Å².